The number of nitrogens with zero attached hydrogens (tertiary/aromatic N) is 1. The monoisotopic (exact) mass is 263 g/mol. The van der Waals surface area contributed by atoms with Gasteiger partial charge in [0.1, 0.15) is 11.5 Å². The Balaban J connectivity index is 2.01. The van der Waals surface area contributed by atoms with Crippen LogP contribution < -0.4 is 4.74 Å². The Kier molecular flexibility index (Phi) is 4.35. The zero-order chi connectivity index (χ0) is 13.9. The molecule has 0 bridgehead atoms. The molecule has 0 aromatic heterocycles. The van der Waals surface area contributed by atoms with Gasteiger partial charge < -0.3 is 9.84 Å². The van der Waals surface area contributed by atoms with Crippen molar-refractivity contribution < 1.29 is 9.84 Å². The third kappa shape index (κ3) is 3.87. The number of ether oxygens (including phenoxy) is 1. The SMILES string of the molecule is COc1ccc(CN2CCCC(C)(C)CC2)c(O)c1. The van der Waals surface area contributed by atoms with Crippen LogP contribution in [-0.4, -0.2) is 30.2 Å². The van der Waals surface area contributed by atoms with Crippen LogP contribution >= 0.6 is 0 Å². The summed E-state index contributed by atoms with van der Waals surface area (Å²) in [6, 6.07) is 5.57. The first-order chi connectivity index (χ1) is 9.00. The Morgan fingerprint density at radius 3 is 2.74 bits per heavy atom. The average Bonchev–Trinajstić information content (AvgIpc) is 2.53. The van der Waals surface area contributed by atoms with Gasteiger partial charge in [-0.2, -0.15) is 0 Å². The quantitative estimate of drug-likeness (QED) is 0.907. The molecule has 1 N–H and O–H groups in total. The summed E-state index contributed by atoms with van der Waals surface area (Å²) >= 11 is 0. The fraction of sp³-hybridized carbons (Fsp3) is 0.625. The number of hydrogen-bond acceptors (Lipinski definition) is 3. The highest BCUT2D eigenvalue weighted by Crippen LogP contribution is 2.31. The maximum Gasteiger partial charge on any atom is 0.123 e. The number of aromatic hydroxyl groups is 1. The largest absolute Gasteiger partial charge is 0.507 e. The van der Waals surface area contributed by atoms with Crippen LogP contribution in [0.2, 0.25) is 0 Å². The third-order valence-electron chi connectivity index (χ3n) is 4.12. The predicted octanol–water partition coefficient (Wildman–Crippen LogP) is 3.41. The Bertz CT molecular complexity index is 429. The van der Waals surface area contributed by atoms with E-state index in [1.54, 1.807) is 13.2 Å². The molecule has 0 amide bonds. The second-order valence-electron chi connectivity index (χ2n) is 6.29. The molecule has 0 spiro atoms. The van der Waals surface area contributed by atoms with E-state index < -0.39 is 0 Å². The van der Waals surface area contributed by atoms with Crippen molar-refractivity contribution >= 4 is 0 Å². The molecule has 1 aromatic rings. The summed E-state index contributed by atoms with van der Waals surface area (Å²) in [5.74, 6) is 1.04. The fourth-order valence-electron chi connectivity index (χ4n) is 2.68. The standard InChI is InChI=1S/C16H25NO2/c1-16(2)7-4-9-17(10-8-16)12-13-5-6-14(19-3)11-15(13)18/h5-6,11,18H,4,7-10,12H2,1-3H3. The molecule has 1 fully saturated rings. The zero-order valence-corrected chi connectivity index (χ0v) is 12.3. The van der Waals surface area contributed by atoms with Crippen molar-refractivity contribution in [3.05, 3.63) is 23.8 Å². The zero-order valence-electron chi connectivity index (χ0n) is 12.3. The fourth-order valence-corrected chi connectivity index (χ4v) is 2.68. The van der Waals surface area contributed by atoms with Crippen LogP contribution in [0, 0.1) is 5.41 Å². The molecule has 0 unspecified atom stereocenters. The summed E-state index contributed by atoms with van der Waals surface area (Å²) in [5.41, 5.74) is 1.44. The summed E-state index contributed by atoms with van der Waals surface area (Å²) in [7, 11) is 1.62. The van der Waals surface area contributed by atoms with E-state index in [0.717, 1.165) is 25.2 Å². The summed E-state index contributed by atoms with van der Waals surface area (Å²) in [5, 5.41) is 10.0. The summed E-state index contributed by atoms with van der Waals surface area (Å²) in [6.45, 7) is 7.75. The molecule has 19 heavy (non-hydrogen) atoms. The molecular formula is C16H25NO2. The molecule has 0 atom stereocenters. The van der Waals surface area contributed by atoms with E-state index in [0.29, 0.717) is 16.9 Å². The molecule has 3 heteroatoms. The van der Waals surface area contributed by atoms with Gasteiger partial charge in [-0.3, -0.25) is 4.90 Å². The van der Waals surface area contributed by atoms with Crippen LogP contribution in [0.5, 0.6) is 11.5 Å². The highest BCUT2D eigenvalue weighted by atomic mass is 16.5. The molecule has 2 rings (SSSR count). The molecule has 1 heterocycles. The van der Waals surface area contributed by atoms with Gasteiger partial charge in [0.05, 0.1) is 7.11 Å². The van der Waals surface area contributed by atoms with Crippen LogP contribution in [0.4, 0.5) is 0 Å². The molecule has 0 radical (unpaired) electrons. The van der Waals surface area contributed by atoms with E-state index in [1.807, 2.05) is 12.1 Å². The molecule has 3 nitrogen and oxygen atoms in total. The normalized spacial score (nSPS) is 19.9. The van der Waals surface area contributed by atoms with E-state index in [4.69, 9.17) is 4.74 Å². The summed E-state index contributed by atoms with van der Waals surface area (Å²) in [4.78, 5) is 2.44. The van der Waals surface area contributed by atoms with Crippen LogP contribution in [-0.2, 0) is 6.54 Å². The molecule has 1 aliphatic heterocycles. The highest BCUT2D eigenvalue weighted by molar-refractivity contribution is 5.39. The molecule has 106 valence electrons. The van der Waals surface area contributed by atoms with Crippen molar-refractivity contribution in [1.29, 1.82) is 0 Å². The minimum Gasteiger partial charge on any atom is -0.507 e. The number of phenolic OH excluding ortho intramolecular Hbond substituents is 1. The van der Waals surface area contributed by atoms with Crippen molar-refractivity contribution in [2.45, 2.75) is 39.7 Å². The van der Waals surface area contributed by atoms with Gasteiger partial charge >= 0.3 is 0 Å². The van der Waals surface area contributed by atoms with Crippen LogP contribution in [0.15, 0.2) is 18.2 Å². The van der Waals surface area contributed by atoms with Crippen LogP contribution in [0.3, 0.4) is 0 Å². The van der Waals surface area contributed by atoms with Crippen molar-refractivity contribution in [3.8, 4) is 11.5 Å². The Morgan fingerprint density at radius 2 is 2.05 bits per heavy atom. The summed E-state index contributed by atoms with van der Waals surface area (Å²) < 4.78 is 5.11. The topological polar surface area (TPSA) is 32.7 Å². The number of phenols is 1. The van der Waals surface area contributed by atoms with E-state index in [2.05, 4.69) is 18.7 Å². The average molecular weight is 263 g/mol. The van der Waals surface area contributed by atoms with Crippen LogP contribution in [0.1, 0.15) is 38.7 Å². The van der Waals surface area contributed by atoms with Gasteiger partial charge in [-0.15, -0.1) is 0 Å². The first kappa shape index (κ1) is 14.2. The lowest BCUT2D eigenvalue weighted by Gasteiger charge is -2.23. The van der Waals surface area contributed by atoms with Crippen molar-refractivity contribution in [2.24, 2.45) is 5.41 Å². The van der Waals surface area contributed by atoms with Gasteiger partial charge in [0.15, 0.2) is 0 Å². The van der Waals surface area contributed by atoms with E-state index in [-0.39, 0.29) is 0 Å². The number of likely N-dealkylation sites (tertiary alicyclic amines) is 1. The Labute approximate surface area is 116 Å². The van der Waals surface area contributed by atoms with Crippen LogP contribution in [0.25, 0.3) is 0 Å². The number of benzene rings is 1. The minimum atomic E-state index is 0.336. The smallest absolute Gasteiger partial charge is 0.123 e. The molecule has 1 aliphatic rings. The maximum atomic E-state index is 10.0. The van der Waals surface area contributed by atoms with Gasteiger partial charge in [-0.05, 0) is 43.8 Å². The lowest BCUT2D eigenvalue weighted by Crippen LogP contribution is -2.25. The molecule has 0 aliphatic carbocycles. The van der Waals surface area contributed by atoms with E-state index in [9.17, 15) is 5.11 Å². The second kappa shape index (κ2) is 5.83. The van der Waals surface area contributed by atoms with Crippen molar-refractivity contribution in [2.75, 3.05) is 20.2 Å². The number of methoxy groups -OCH3 is 1. The van der Waals surface area contributed by atoms with E-state index >= 15 is 0 Å². The van der Waals surface area contributed by atoms with Gasteiger partial charge in [-0.1, -0.05) is 19.9 Å². The first-order valence-electron chi connectivity index (χ1n) is 7.08. The molecule has 1 aromatic carbocycles. The Morgan fingerprint density at radius 1 is 1.26 bits per heavy atom. The van der Waals surface area contributed by atoms with Gasteiger partial charge in [0, 0.05) is 18.2 Å². The predicted molar refractivity (Wildman–Crippen MR) is 77.6 cm³/mol. The lowest BCUT2D eigenvalue weighted by atomic mass is 9.85. The van der Waals surface area contributed by atoms with Crippen molar-refractivity contribution in [1.82, 2.24) is 4.90 Å². The second-order valence-corrected chi connectivity index (χ2v) is 6.29. The lowest BCUT2D eigenvalue weighted by molar-refractivity contribution is 0.253. The third-order valence-corrected chi connectivity index (χ3v) is 4.12. The van der Waals surface area contributed by atoms with Gasteiger partial charge in [0.25, 0.3) is 0 Å². The van der Waals surface area contributed by atoms with Crippen molar-refractivity contribution in [3.63, 3.8) is 0 Å². The number of hydrogen-bond donors (Lipinski definition) is 1. The van der Waals surface area contributed by atoms with Gasteiger partial charge in [0.2, 0.25) is 0 Å². The highest BCUT2D eigenvalue weighted by Gasteiger charge is 2.23. The molecule has 0 saturated carbocycles. The maximum absolute atomic E-state index is 10.0. The molecule has 1 saturated heterocycles. The summed E-state index contributed by atoms with van der Waals surface area (Å²) in [6.07, 6.45) is 3.76. The first-order valence-corrected chi connectivity index (χ1v) is 7.08. The molecular weight excluding hydrogens is 238 g/mol. The number of rotatable bonds is 3. The minimum absolute atomic E-state index is 0.336. The van der Waals surface area contributed by atoms with Gasteiger partial charge in [-0.25, -0.2) is 0 Å². The van der Waals surface area contributed by atoms with E-state index in [1.165, 1.54) is 19.3 Å². The Hall–Kier alpha value is -1.22.